The van der Waals surface area contributed by atoms with Gasteiger partial charge in [-0.15, -0.1) is 0 Å². The van der Waals surface area contributed by atoms with Crippen molar-refractivity contribution >= 4 is 45.9 Å². The molecular formula is C16H12Cl2N2O4. The Kier molecular flexibility index (Phi) is 4.51. The van der Waals surface area contributed by atoms with Gasteiger partial charge in [0.2, 0.25) is 0 Å². The summed E-state index contributed by atoms with van der Waals surface area (Å²) in [4.78, 5) is 23.4. The van der Waals surface area contributed by atoms with Gasteiger partial charge in [0.05, 0.1) is 10.5 Å². The minimum absolute atomic E-state index is 0.219. The number of nitrogens with one attached hydrogen (secondary N) is 1. The molecule has 3 aromatic rings. The molecule has 0 bridgehead atoms. The van der Waals surface area contributed by atoms with Gasteiger partial charge in [0.25, 0.3) is 5.91 Å². The van der Waals surface area contributed by atoms with Gasteiger partial charge in [-0.1, -0.05) is 23.2 Å². The van der Waals surface area contributed by atoms with E-state index < -0.39 is 5.76 Å². The molecule has 0 unspecified atom stereocenters. The Morgan fingerprint density at radius 1 is 1.25 bits per heavy atom. The molecule has 2 aromatic carbocycles. The van der Waals surface area contributed by atoms with Crippen molar-refractivity contribution in [1.29, 1.82) is 0 Å². The van der Waals surface area contributed by atoms with E-state index in [4.69, 9.17) is 32.4 Å². The summed E-state index contributed by atoms with van der Waals surface area (Å²) in [7, 11) is 1.59. The van der Waals surface area contributed by atoms with Crippen molar-refractivity contribution in [3.05, 3.63) is 57.0 Å². The van der Waals surface area contributed by atoms with Crippen LogP contribution >= 0.6 is 23.2 Å². The Balaban J connectivity index is 1.68. The number of aryl methyl sites for hydroxylation is 1. The number of carbonyl (C=O) groups is 1. The van der Waals surface area contributed by atoms with Crippen LogP contribution in [0.1, 0.15) is 0 Å². The normalized spacial score (nSPS) is 10.8. The standard InChI is InChI=1S/C16H12Cl2N2O4/c1-20-12-7-10(3-5-14(12)24-16(20)22)19-15(21)8-23-13-4-2-9(17)6-11(13)18/h2-7H,8H2,1H3,(H,19,21). The van der Waals surface area contributed by atoms with E-state index in [1.54, 1.807) is 37.4 Å². The van der Waals surface area contributed by atoms with E-state index in [9.17, 15) is 9.59 Å². The fourth-order valence-electron chi connectivity index (χ4n) is 2.14. The number of aromatic nitrogens is 1. The summed E-state index contributed by atoms with van der Waals surface area (Å²) in [5.41, 5.74) is 1.55. The second-order valence-corrected chi connectivity index (χ2v) is 5.86. The van der Waals surface area contributed by atoms with Gasteiger partial charge in [-0.25, -0.2) is 4.79 Å². The lowest BCUT2D eigenvalue weighted by Gasteiger charge is -2.09. The Labute approximate surface area is 146 Å². The number of oxazole rings is 1. The molecule has 6 nitrogen and oxygen atoms in total. The number of benzene rings is 2. The van der Waals surface area contributed by atoms with Gasteiger partial charge in [0.1, 0.15) is 5.75 Å². The average molecular weight is 367 g/mol. The first kappa shape index (κ1) is 16.4. The lowest BCUT2D eigenvalue weighted by Crippen LogP contribution is -2.20. The van der Waals surface area contributed by atoms with Crippen LogP contribution in [0.5, 0.6) is 5.75 Å². The molecular weight excluding hydrogens is 355 g/mol. The van der Waals surface area contributed by atoms with Crippen molar-refractivity contribution in [1.82, 2.24) is 4.57 Å². The number of ether oxygens (including phenoxy) is 1. The summed E-state index contributed by atoms with van der Waals surface area (Å²) in [6, 6.07) is 9.64. The van der Waals surface area contributed by atoms with Crippen LogP contribution in [0.3, 0.4) is 0 Å². The molecule has 0 saturated heterocycles. The zero-order chi connectivity index (χ0) is 17.3. The van der Waals surface area contributed by atoms with E-state index in [1.807, 2.05) is 0 Å². The van der Waals surface area contributed by atoms with Gasteiger partial charge in [-0.2, -0.15) is 0 Å². The molecule has 1 N–H and O–H groups in total. The van der Waals surface area contributed by atoms with Crippen LogP contribution in [0.25, 0.3) is 11.1 Å². The van der Waals surface area contributed by atoms with Crippen LogP contribution in [0, 0.1) is 0 Å². The van der Waals surface area contributed by atoms with Crippen molar-refractivity contribution in [3.8, 4) is 5.75 Å². The number of nitrogens with zero attached hydrogens (tertiary/aromatic N) is 1. The Morgan fingerprint density at radius 3 is 2.79 bits per heavy atom. The third-order valence-corrected chi connectivity index (χ3v) is 3.86. The molecule has 0 aliphatic rings. The molecule has 1 aromatic heterocycles. The number of hydrogen-bond acceptors (Lipinski definition) is 4. The van der Waals surface area contributed by atoms with Crippen molar-refractivity contribution in [2.75, 3.05) is 11.9 Å². The lowest BCUT2D eigenvalue weighted by atomic mass is 10.3. The number of anilines is 1. The number of amides is 1. The minimum atomic E-state index is -0.464. The Hall–Kier alpha value is -2.44. The highest BCUT2D eigenvalue weighted by molar-refractivity contribution is 6.35. The van der Waals surface area contributed by atoms with Crippen LogP contribution in [0.15, 0.2) is 45.6 Å². The topological polar surface area (TPSA) is 73.5 Å². The lowest BCUT2D eigenvalue weighted by molar-refractivity contribution is -0.118. The minimum Gasteiger partial charge on any atom is -0.482 e. The van der Waals surface area contributed by atoms with Crippen LogP contribution < -0.4 is 15.8 Å². The zero-order valence-electron chi connectivity index (χ0n) is 12.5. The number of carbonyl (C=O) groups excluding carboxylic acids is 1. The van der Waals surface area contributed by atoms with Crippen LogP contribution in [0.4, 0.5) is 5.69 Å². The fraction of sp³-hybridized carbons (Fsp3) is 0.125. The summed E-state index contributed by atoms with van der Waals surface area (Å²) < 4.78 is 11.8. The highest BCUT2D eigenvalue weighted by Gasteiger charge is 2.10. The maximum absolute atomic E-state index is 12.0. The first-order valence-electron chi connectivity index (χ1n) is 6.91. The molecule has 3 rings (SSSR count). The van der Waals surface area contributed by atoms with Gasteiger partial charge in [-0.05, 0) is 36.4 Å². The second-order valence-electron chi connectivity index (χ2n) is 5.02. The van der Waals surface area contributed by atoms with E-state index in [1.165, 1.54) is 10.6 Å². The SMILES string of the molecule is Cn1c(=O)oc2ccc(NC(=O)COc3ccc(Cl)cc3Cl)cc21. The molecule has 24 heavy (non-hydrogen) atoms. The van der Waals surface area contributed by atoms with E-state index in [0.29, 0.717) is 32.6 Å². The molecule has 8 heteroatoms. The summed E-state index contributed by atoms with van der Waals surface area (Å²) >= 11 is 11.8. The smallest absolute Gasteiger partial charge is 0.419 e. The second kappa shape index (κ2) is 6.59. The fourth-order valence-corrected chi connectivity index (χ4v) is 2.60. The number of fused-ring (bicyclic) bond motifs is 1. The maximum Gasteiger partial charge on any atom is 0.419 e. The third kappa shape index (κ3) is 3.39. The number of rotatable bonds is 4. The monoisotopic (exact) mass is 366 g/mol. The highest BCUT2D eigenvalue weighted by Crippen LogP contribution is 2.27. The average Bonchev–Trinajstić information content (AvgIpc) is 2.81. The molecule has 0 atom stereocenters. The van der Waals surface area contributed by atoms with E-state index in [2.05, 4.69) is 5.32 Å². The van der Waals surface area contributed by atoms with Crippen LogP contribution in [-0.4, -0.2) is 17.1 Å². The van der Waals surface area contributed by atoms with E-state index >= 15 is 0 Å². The van der Waals surface area contributed by atoms with Crippen molar-refractivity contribution in [2.45, 2.75) is 0 Å². The molecule has 0 radical (unpaired) electrons. The van der Waals surface area contributed by atoms with Crippen molar-refractivity contribution in [3.63, 3.8) is 0 Å². The predicted octanol–water partition coefficient (Wildman–Crippen LogP) is 3.46. The largest absolute Gasteiger partial charge is 0.482 e. The molecule has 0 aliphatic carbocycles. The molecule has 124 valence electrons. The molecule has 0 spiro atoms. The molecule has 0 aliphatic heterocycles. The van der Waals surface area contributed by atoms with Gasteiger partial charge in [0, 0.05) is 17.8 Å². The van der Waals surface area contributed by atoms with Crippen molar-refractivity contribution < 1.29 is 13.9 Å². The first-order valence-corrected chi connectivity index (χ1v) is 7.67. The highest BCUT2D eigenvalue weighted by atomic mass is 35.5. The molecule has 1 heterocycles. The van der Waals surface area contributed by atoms with Gasteiger partial charge < -0.3 is 14.5 Å². The van der Waals surface area contributed by atoms with Gasteiger partial charge in [-0.3, -0.25) is 9.36 Å². The molecule has 0 fully saturated rings. The first-order chi connectivity index (χ1) is 11.4. The van der Waals surface area contributed by atoms with Crippen LogP contribution in [-0.2, 0) is 11.8 Å². The van der Waals surface area contributed by atoms with E-state index in [-0.39, 0.29) is 12.5 Å². The summed E-state index contributed by atoms with van der Waals surface area (Å²) in [5.74, 6) is -0.466. The van der Waals surface area contributed by atoms with Crippen molar-refractivity contribution in [2.24, 2.45) is 7.05 Å². The van der Waals surface area contributed by atoms with E-state index in [0.717, 1.165) is 0 Å². The third-order valence-electron chi connectivity index (χ3n) is 3.33. The Morgan fingerprint density at radius 2 is 2.04 bits per heavy atom. The van der Waals surface area contributed by atoms with Gasteiger partial charge in [0.15, 0.2) is 12.2 Å². The predicted molar refractivity (Wildman–Crippen MR) is 92.0 cm³/mol. The molecule has 1 amide bonds. The summed E-state index contributed by atoms with van der Waals surface area (Å²) in [5, 5.41) is 3.49. The zero-order valence-corrected chi connectivity index (χ0v) is 14.0. The Bertz CT molecular complexity index is 978. The summed E-state index contributed by atoms with van der Waals surface area (Å²) in [6.45, 7) is -0.219. The molecule has 0 saturated carbocycles. The van der Waals surface area contributed by atoms with Gasteiger partial charge >= 0.3 is 5.76 Å². The quantitative estimate of drug-likeness (QED) is 0.767. The number of halogens is 2. The summed E-state index contributed by atoms with van der Waals surface area (Å²) in [6.07, 6.45) is 0. The number of hydrogen-bond donors (Lipinski definition) is 1. The maximum atomic E-state index is 12.0. The van der Waals surface area contributed by atoms with Crippen LogP contribution in [0.2, 0.25) is 10.0 Å².